The lowest BCUT2D eigenvalue weighted by Gasteiger charge is -2.31. The average molecular weight is 347 g/mol. The van der Waals surface area contributed by atoms with Crippen LogP contribution in [0, 0.1) is 17.6 Å². The first-order valence-electron chi connectivity index (χ1n) is 6.68. The quantitative estimate of drug-likeness (QED) is 0.883. The number of amides is 1. The van der Waals surface area contributed by atoms with E-state index in [0.717, 1.165) is 37.8 Å². The average Bonchev–Trinajstić information content (AvgIpc) is 2.38. The summed E-state index contributed by atoms with van der Waals surface area (Å²) >= 11 is 2.99. The van der Waals surface area contributed by atoms with Crippen molar-refractivity contribution in [2.75, 3.05) is 6.54 Å². The zero-order chi connectivity index (χ0) is 14.7. The Hall–Kier alpha value is -1.01. The van der Waals surface area contributed by atoms with Crippen molar-refractivity contribution in [1.29, 1.82) is 0 Å². The van der Waals surface area contributed by atoms with Gasteiger partial charge in [-0.05, 0) is 37.4 Å². The molecule has 0 spiro atoms. The summed E-state index contributed by atoms with van der Waals surface area (Å²) in [4.78, 5) is 12.1. The largest absolute Gasteiger partial charge is 0.349 e. The van der Waals surface area contributed by atoms with E-state index < -0.39 is 23.1 Å². The summed E-state index contributed by atoms with van der Waals surface area (Å²) in [6.07, 6.45) is 3.81. The standard InChI is InChI=1S/C14H17BrF2N2O/c15-9-5-10(16)13(11(17)6-9)14(20)19-12-4-2-1-3-8(12)7-18/h5-6,8,12H,1-4,7,18H2,(H,19,20). The third-order valence-corrected chi connectivity index (χ3v) is 4.22. The molecule has 20 heavy (non-hydrogen) atoms. The molecule has 1 aliphatic carbocycles. The van der Waals surface area contributed by atoms with Gasteiger partial charge in [-0.1, -0.05) is 28.8 Å². The van der Waals surface area contributed by atoms with E-state index in [1.54, 1.807) is 0 Å². The fraction of sp³-hybridized carbons (Fsp3) is 0.500. The molecule has 1 aliphatic rings. The molecule has 2 atom stereocenters. The van der Waals surface area contributed by atoms with E-state index in [-0.39, 0.29) is 16.4 Å². The molecular weight excluding hydrogens is 330 g/mol. The van der Waals surface area contributed by atoms with Gasteiger partial charge in [-0.3, -0.25) is 4.79 Å². The van der Waals surface area contributed by atoms with Gasteiger partial charge in [-0.25, -0.2) is 8.78 Å². The highest BCUT2D eigenvalue weighted by molar-refractivity contribution is 9.10. The molecule has 0 aromatic heterocycles. The lowest BCUT2D eigenvalue weighted by molar-refractivity contribution is 0.0899. The molecule has 1 fully saturated rings. The summed E-state index contributed by atoms with van der Waals surface area (Å²) in [6, 6.07) is 2.06. The van der Waals surface area contributed by atoms with Crippen LogP contribution in [-0.2, 0) is 0 Å². The van der Waals surface area contributed by atoms with Gasteiger partial charge in [0.05, 0.1) is 0 Å². The predicted molar refractivity (Wildman–Crippen MR) is 76.3 cm³/mol. The van der Waals surface area contributed by atoms with E-state index in [4.69, 9.17) is 5.73 Å². The van der Waals surface area contributed by atoms with E-state index in [9.17, 15) is 13.6 Å². The van der Waals surface area contributed by atoms with Crippen LogP contribution in [0.1, 0.15) is 36.0 Å². The second-order valence-corrected chi connectivity index (χ2v) is 6.02. The van der Waals surface area contributed by atoms with Crippen LogP contribution >= 0.6 is 15.9 Å². The minimum absolute atomic E-state index is 0.108. The fourth-order valence-corrected chi connectivity index (χ4v) is 3.08. The molecule has 0 radical (unpaired) electrons. The van der Waals surface area contributed by atoms with E-state index >= 15 is 0 Å². The van der Waals surface area contributed by atoms with Gasteiger partial charge in [0.1, 0.15) is 17.2 Å². The molecule has 2 unspecified atom stereocenters. The molecule has 0 bridgehead atoms. The molecule has 3 N–H and O–H groups in total. The molecule has 2 rings (SSSR count). The van der Waals surface area contributed by atoms with Crippen LogP contribution in [0.4, 0.5) is 8.78 Å². The SMILES string of the molecule is NCC1CCCCC1NC(=O)c1c(F)cc(Br)cc1F. The highest BCUT2D eigenvalue weighted by atomic mass is 79.9. The van der Waals surface area contributed by atoms with E-state index in [2.05, 4.69) is 21.2 Å². The zero-order valence-electron chi connectivity index (χ0n) is 11.0. The van der Waals surface area contributed by atoms with E-state index in [0.29, 0.717) is 6.54 Å². The number of carbonyl (C=O) groups is 1. The van der Waals surface area contributed by atoms with Crippen LogP contribution in [0.5, 0.6) is 0 Å². The Morgan fingerprint density at radius 1 is 1.30 bits per heavy atom. The lowest BCUT2D eigenvalue weighted by atomic mass is 9.84. The number of nitrogens with one attached hydrogen (secondary N) is 1. The highest BCUT2D eigenvalue weighted by Crippen LogP contribution is 2.25. The number of benzene rings is 1. The Bertz CT molecular complexity index is 487. The van der Waals surface area contributed by atoms with Crippen LogP contribution < -0.4 is 11.1 Å². The van der Waals surface area contributed by atoms with Gasteiger partial charge in [0.25, 0.3) is 5.91 Å². The van der Waals surface area contributed by atoms with Crippen molar-refractivity contribution < 1.29 is 13.6 Å². The summed E-state index contributed by atoms with van der Waals surface area (Å²) in [7, 11) is 0. The number of hydrogen-bond donors (Lipinski definition) is 2. The summed E-state index contributed by atoms with van der Waals surface area (Å²) in [5.41, 5.74) is 5.15. The van der Waals surface area contributed by atoms with Gasteiger partial charge >= 0.3 is 0 Å². The predicted octanol–water partition coefficient (Wildman–Crippen LogP) is 2.97. The molecule has 0 aliphatic heterocycles. The number of carbonyl (C=O) groups excluding carboxylic acids is 1. The van der Waals surface area contributed by atoms with E-state index in [1.165, 1.54) is 0 Å². The maximum atomic E-state index is 13.7. The summed E-state index contributed by atoms with van der Waals surface area (Å²) in [6.45, 7) is 0.469. The third kappa shape index (κ3) is 3.35. The molecule has 1 amide bonds. The molecule has 6 heteroatoms. The Morgan fingerprint density at radius 2 is 1.90 bits per heavy atom. The number of rotatable bonds is 3. The Balaban J connectivity index is 2.16. The fourth-order valence-electron chi connectivity index (χ4n) is 2.68. The van der Waals surface area contributed by atoms with Crippen molar-refractivity contribution in [3.63, 3.8) is 0 Å². The minimum Gasteiger partial charge on any atom is -0.349 e. The minimum atomic E-state index is -0.866. The normalized spacial score (nSPS) is 22.6. The first-order valence-corrected chi connectivity index (χ1v) is 7.47. The zero-order valence-corrected chi connectivity index (χ0v) is 12.6. The summed E-state index contributed by atoms with van der Waals surface area (Å²) in [5.74, 6) is -2.27. The van der Waals surface area contributed by atoms with Crippen molar-refractivity contribution in [1.82, 2.24) is 5.32 Å². The third-order valence-electron chi connectivity index (χ3n) is 3.76. The molecule has 110 valence electrons. The lowest BCUT2D eigenvalue weighted by Crippen LogP contribution is -2.45. The molecule has 1 aromatic carbocycles. The first kappa shape index (κ1) is 15.4. The van der Waals surface area contributed by atoms with Gasteiger partial charge < -0.3 is 11.1 Å². The van der Waals surface area contributed by atoms with Crippen LogP contribution in [0.25, 0.3) is 0 Å². The van der Waals surface area contributed by atoms with Crippen LogP contribution in [-0.4, -0.2) is 18.5 Å². The molecule has 0 saturated heterocycles. The van der Waals surface area contributed by atoms with Gasteiger partial charge in [0.2, 0.25) is 0 Å². The highest BCUT2D eigenvalue weighted by Gasteiger charge is 2.27. The van der Waals surface area contributed by atoms with Crippen molar-refractivity contribution in [2.24, 2.45) is 11.7 Å². The maximum absolute atomic E-state index is 13.7. The van der Waals surface area contributed by atoms with Crippen LogP contribution in [0.15, 0.2) is 16.6 Å². The second kappa shape index (κ2) is 6.63. The summed E-state index contributed by atoms with van der Waals surface area (Å²) < 4.78 is 27.7. The second-order valence-electron chi connectivity index (χ2n) is 5.10. The number of nitrogens with two attached hydrogens (primary N) is 1. The number of halogens is 3. The van der Waals surface area contributed by atoms with Crippen LogP contribution in [0.3, 0.4) is 0 Å². The molecule has 1 saturated carbocycles. The monoisotopic (exact) mass is 346 g/mol. The smallest absolute Gasteiger partial charge is 0.257 e. The van der Waals surface area contributed by atoms with E-state index in [1.807, 2.05) is 0 Å². The van der Waals surface area contributed by atoms with Crippen molar-refractivity contribution in [2.45, 2.75) is 31.7 Å². The van der Waals surface area contributed by atoms with Gasteiger partial charge in [0, 0.05) is 10.5 Å². The molecule has 1 aromatic rings. The van der Waals surface area contributed by atoms with Crippen molar-refractivity contribution in [3.05, 3.63) is 33.8 Å². The molecule has 0 heterocycles. The first-order chi connectivity index (χ1) is 9.52. The number of hydrogen-bond acceptors (Lipinski definition) is 2. The maximum Gasteiger partial charge on any atom is 0.257 e. The molecular formula is C14H17BrF2N2O. The Morgan fingerprint density at radius 3 is 2.50 bits per heavy atom. The Kier molecular flexibility index (Phi) is 5.10. The van der Waals surface area contributed by atoms with Crippen molar-refractivity contribution >= 4 is 21.8 Å². The van der Waals surface area contributed by atoms with Gasteiger partial charge in [-0.2, -0.15) is 0 Å². The molecule has 3 nitrogen and oxygen atoms in total. The Labute approximate surface area is 125 Å². The topological polar surface area (TPSA) is 55.1 Å². The van der Waals surface area contributed by atoms with Crippen molar-refractivity contribution in [3.8, 4) is 0 Å². The van der Waals surface area contributed by atoms with Crippen LogP contribution in [0.2, 0.25) is 0 Å². The summed E-state index contributed by atoms with van der Waals surface area (Å²) in [5, 5.41) is 2.72. The van der Waals surface area contributed by atoms with Gasteiger partial charge in [-0.15, -0.1) is 0 Å². The van der Waals surface area contributed by atoms with Gasteiger partial charge in [0.15, 0.2) is 0 Å².